The predicted molar refractivity (Wildman–Crippen MR) is 124 cm³/mol. The molecule has 0 radical (unpaired) electrons. The quantitative estimate of drug-likeness (QED) is 0.602. The van der Waals surface area contributed by atoms with Crippen LogP contribution in [0.3, 0.4) is 0 Å². The molecule has 0 spiro atoms. The van der Waals surface area contributed by atoms with Gasteiger partial charge in [-0.25, -0.2) is 0 Å². The van der Waals surface area contributed by atoms with Crippen LogP contribution >= 0.6 is 34.8 Å². The Morgan fingerprint density at radius 2 is 1.67 bits per heavy atom. The lowest BCUT2D eigenvalue weighted by atomic mass is 9.95. The van der Waals surface area contributed by atoms with E-state index in [-0.39, 0.29) is 11.9 Å². The van der Waals surface area contributed by atoms with E-state index in [4.69, 9.17) is 34.8 Å². The molecule has 158 valence electrons. The van der Waals surface area contributed by atoms with Crippen molar-refractivity contribution in [1.82, 2.24) is 15.5 Å². The van der Waals surface area contributed by atoms with Crippen LogP contribution in [0.25, 0.3) is 11.4 Å². The maximum absolute atomic E-state index is 13.2. The van der Waals surface area contributed by atoms with E-state index < -0.39 is 6.17 Å². The highest BCUT2D eigenvalue weighted by atomic mass is 35.5. The molecule has 1 saturated carbocycles. The van der Waals surface area contributed by atoms with E-state index in [1.165, 1.54) is 19.3 Å². The van der Waals surface area contributed by atoms with Gasteiger partial charge in [0.15, 0.2) is 6.17 Å². The van der Waals surface area contributed by atoms with Gasteiger partial charge in [0, 0.05) is 28.7 Å². The molecule has 0 saturated heterocycles. The number of rotatable bonds is 4. The van der Waals surface area contributed by atoms with Gasteiger partial charge < -0.3 is 15.5 Å². The molecule has 1 atom stereocenters. The summed E-state index contributed by atoms with van der Waals surface area (Å²) in [5.41, 5.74) is 3.43. The van der Waals surface area contributed by atoms with E-state index in [1.807, 2.05) is 42.3 Å². The third-order valence-corrected chi connectivity index (χ3v) is 6.58. The van der Waals surface area contributed by atoms with Crippen molar-refractivity contribution in [1.29, 1.82) is 0 Å². The zero-order valence-corrected chi connectivity index (χ0v) is 19.0. The monoisotopic (exact) mass is 463 g/mol. The summed E-state index contributed by atoms with van der Waals surface area (Å²) in [6, 6.07) is 13.2. The van der Waals surface area contributed by atoms with Gasteiger partial charge in [0.25, 0.3) is 5.91 Å². The van der Waals surface area contributed by atoms with Crippen molar-refractivity contribution in [2.75, 3.05) is 7.05 Å². The van der Waals surface area contributed by atoms with Crippen LogP contribution in [-0.2, 0) is 4.79 Å². The lowest BCUT2D eigenvalue weighted by Gasteiger charge is -2.28. The highest BCUT2D eigenvalue weighted by molar-refractivity contribution is 6.36. The molecule has 1 amide bonds. The molecule has 0 bridgehead atoms. The number of carbonyl (C=O) groups is 1. The second-order valence-electron chi connectivity index (χ2n) is 7.86. The smallest absolute Gasteiger partial charge is 0.263 e. The van der Waals surface area contributed by atoms with Gasteiger partial charge in [0.05, 0.1) is 16.4 Å². The summed E-state index contributed by atoms with van der Waals surface area (Å²) in [4.78, 5) is 15.1. The molecule has 1 aliphatic carbocycles. The Bertz CT molecular complexity index is 968. The van der Waals surface area contributed by atoms with Crippen molar-refractivity contribution < 1.29 is 4.79 Å². The predicted octanol–water partition coefficient (Wildman–Crippen LogP) is 5.78. The minimum atomic E-state index is -0.528. The second-order valence-corrected chi connectivity index (χ2v) is 9.14. The lowest BCUT2D eigenvalue weighted by molar-refractivity contribution is -0.126. The maximum Gasteiger partial charge on any atom is 0.263 e. The number of hydrogen-bond acceptors (Lipinski definition) is 3. The van der Waals surface area contributed by atoms with Gasteiger partial charge in [-0.2, -0.15) is 0 Å². The normalized spacial score (nSPS) is 19.7. The topological polar surface area (TPSA) is 44.4 Å². The molecule has 1 fully saturated rings. The van der Waals surface area contributed by atoms with E-state index in [2.05, 4.69) is 10.6 Å². The summed E-state index contributed by atoms with van der Waals surface area (Å²) in [6.07, 6.45) is 5.12. The van der Waals surface area contributed by atoms with Crippen LogP contribution in [0.1, 0.15) is 43.2 Å². The van der Waals surface area contributed by atoms with E-state index in [0.717, 1.165) is 35.4 Å². The Balaban J connectivity index is 1.68. The molecule has 4 nitrogen and oxygen atoms in total. The van der Waals surface area contributed by atoms with Gasteiger partial charge >= 0.3 is 0 Å². The van der Waals surface area contributed by atoms with Crippen LogP contribution in [0.5, 0.6) is 0 Å². The first-order chi connectivity index (χ1) is 14.4. The van der Waals surface area contributed by atoms with Crippen LogP contribution in [-0.4, -0.2) is 30.1 Å². The summed E-state index contributed by atoms with van der Waals surface area (Å²) >= 11 is 18.7. The summed E-state index contributed by atoms with van der Waals surface area (Å²) < 4.78 is 0. The van der Waals surface area contributed by atoms with Crippen LogP contribution < -0.4 is 10.6 Å². The fraction of sp³-hybridized carbons (Fsp3) is 0.348. The van der Waals surface area contributed by atoms with E-state index >= 15 is 0 Å². The molecule has 2 N–H and O–H groups in total. The molecule has 1 unspecified atom stereocenters. The van der Waals surface area contributed by atoms with Gasteiger partial charge in [-0.05, 0) is 48.7 Å². The third-order valence-electron chi connectivity index (χ3n) is 5.78. The number of halogens is 3. The average Bonchev–Trinajstić information content (AvgIpc) is 3.06. The molecule has 30 heavy (non-hydrogen) atoms. The Kier molecular flexibility index (Phi) is 6.47. The number of amides is 1. The molecule has 1 aliphatic heterocycles. The van der Waals surface area contributed by atoms with Crippen LogP contribution in [0.4, 0.5) is 0 Å². The van der Waals surface area contributed by atoms with E-state index in [9.17, 15) is 4.79 Å². The van der Waals surface area contributed by atoms with Crippen molar-refractivity contribution in [3.63, 3.8) is 0 Å². The van der Waals surface area contributed by atoms with Crippen LogP contribution in [0.15, 0.2) is 42.5 Å². The highest BCUT2D eigenvalue weighted by Gasteiger charge is 2.36. The van der Waals surface area contributed by atoms with E-state index in [0.29, 0.717) is 15.1 Å². The minimum Gasteiger partial charge on any atom is -0.355 e. The van der Waals surface area contributed by atoms with Crippen molar-refractivity contribution >= 4 is 52.1 Å². The van der Waals surface area contributed by atoms with Gasteiger partial charge in [-0.3, -0.25) is 4.79 Å². The Hall–Kier alpha value is -1.88. The fourth-order valence-electron chi connectivity index (χ4n) is 4.22. The summed E-state index contributed by atoms with van der Waals surface area (Å²) in [7, 11) is 1.90. The standard InChI is InChI=1S/C23H24Cl3N3O/c1-29-21(18-12-11-16(25)13-19(18)26)20(14-7-9-15(24)10-8-14)28-22(29)23(30)27-17-5-3-2-4-6-17/h7-13,17,22,28H,2-6H2,1H3,(H,27,30). The largest absolute Gasteiger partial charge is 0.355 e. The summed E-state index contributed by atoms with van der Waals surface area (Å²) in [5, 5.41) is 8.39. The first kappa shape index (κ1) is 21.4. The van der Waals surface area contributed by atoms with Gasteiger partial charge in [-0.1, -0.05) is 66.2 Å². The van der Waals surface area contributed by atoms with Crippen LogP contribution in [0.2, 0.25) is 15.1 Å². The van der Waals surface area contributed by atoms with Crippen LogP contribution in [0, 0.1) is 0 Å². The fourth-order valence-corrected chi connectivity index (χ4v) is 4.84. The molecule has 2 aliphatic rings. The van der Waals surface area contributed by atoms with Crippen molar-refractivity contribution in [2.45, 2.75) is 44.3 Å². The number of nitrogens with zero attached hydrogens (tertiary/aromatic N) is 1. The number of benzene rings is 2. The van der Waals surface area contributed by atoms with Gasteiger partial charge in [0.2, 0.25) is 0 Å². The van der Waals surface area contributed by atoms with Gasteiger partial charge in [-0.15, -0.1) is 0 Å². The second kappa shape index (κ2) is 9.09. The molecule has 1 heterocycles. The van der Waals surface area contributed by atoms with Crippen molar-refractivity contribution in [2.24, 2.45) is 0 Å². The molecular formula is C23H24Cl3N3O. The molecule has 4 rings (SSSR count). The minimum absolute atomic E-state index is 0.0315. The summed E-state index contributed by atoms with van der Waals surface area (Å²) in [5.74, 6) is -0.0315. The zero-order chi connectivity index (χ0) is 21.3. The molecule has 2 aromatic rings. The zero-order valence-electron chi connectivity index (χ0n) is 16.7. The number of nitrogens with one attached hydrogen (secondary N) is 2. The average molecular weight is 465 g/mol. The SMILES string of the molecule is CN1C(c2ccc(Cl)cc2Cl)=C(c2ccc(Cl)cc2)NC1C(=O)NC1CCCCC1. The third kappa shape index (κ3) is 4.41. The summed E-state index contributed by atoms with van der Waals surface area (Å²) in [6.45, 7) is 0. The van der Waals surface area contributed by atoms with E-state index in [1.54, 1.807) is 12.1 Å². The number of likely N-dealkylation sites (N-methyl/N-ethyl adjacent to an activating group) is 1. The number of carbonyl (C=O) groups excluding carboxylic acids is 1. The Morgan fingerprint density at radius 1 is 1.00 bits per heavy atom. The van der Waals surface area contributed by atoms with Crippen molar-refractivity contribution in [3.05, 3.63) is 68.7 Å². The Labute approximate surface area is 192 Å². The maximum atomic E-state index is 13.2. The van der Waals surface area contributed by atoms with Crippen molar-refractivity contribution in [3.8, 4) is 0 Å². The first-order valence-electron chi connectivity index (χ1n) is 10.2. The van der Waals surface area contributed by atoms with Gasteiger partial charge in [0.1, 0.15) is 0 Å². The Morgan fingerprint density at radius 3 is 2.33 bits per heavy atom. The highest BCUT2D eigenvalue weighted by Crippen LogP contribution is 2.38. The first-order valence-corrected chi connectivity index (χ1v) is 11.3. The molecular weight excluding hydrogens is 441 g/mol. The number of hydrogen-bond donors (Lipinski definition) is 2. The lowest BCUT2D eigenvalue weighted by Crippen LogP contribution is -2.51. The molecule has 2 aromatic carbocycles. The molecule has 7 heteroatoms. The molecule has 0 aromatic heterocycles.